The highest BCUT2D eigenvalue weighted by molar-refractivity contribution is 5.74. The highest BCUT2D eigenvalue weighted by atomic mass is 19.3. The van der Waals surface area contributed by atoms with Crippen molar-refractivity contribution in [2.75, 3.05) is 26.2 Å². The number of aliphatic hydroxyl groups is 2. The summed E-state index contributed by atoms with van der Waals surface area (Å²) in [6, 6.07) is -0.903. The first-order chi connectivity index (χ1) is 8.68. The summed E-state index contributed by atoms with van der Waals surface area (Å²) >= 11 is 0. The van der Waals surface area contributed by atoms with Gasteiger partial charge in [0.1, 0.15) is 0 Å². The molecule has 0 rings (SSSR count). The van der Waals surface area contributed by atoms with Gasteiger partial charge in [-0.15, -0.1) is 0 Å². The number of aliphatic hydroxyl groups excluding tert-OH is 1. The Morgan fingerprint density at radius 1 is 1.42 bits per heavy atom. The number of carbonyl (C=O) groups is 2. The summed E-state index contributed by atoms with van der Waals surface area (Å²) in [4.78, 5) is 22.6. The van der Waals surface area contributed by atoms with E-state index < -0.39 is 50.1 Å². The van der Waals surface area contributed by atoms with E-state index in [1.54, 1.807) is 0 Å². The van der Waals surface area contributed by atoms with Gasteiger partial charge in [-0.05, 0) is 6.92 Å². The second kappa shape index (κ2) is 7.85. The van der Waals surface area contributed by atoms with Gasteiger partial charge in [0.2, 0.25) is 0 Å². The molecule has 0 saturated heterocycles. The number of nitrogens with zero attached hydrogens (tertiary/aromatic N) is 1. The summed E-state index contributed by atoms with van der Waals surface area (Å²) in [6.45, 7) is -0.815. The van der Waals surface area contributed by atoms with Crippen molar-refractivity contribution < 1.29 is 33.7 Å². The molecule has 1 atom stereocenters. The van der Waals surface area contributed by atoms with Crippen molar-refractivity contribution in [3.8, 4) is 0 Å². The van der Waals surface area contributed by atoms with Crippen molar-refractivity contribution in [3.05, 3.63) is 0 Å². The number of carbonyl (C=O) groups excluding carboxylic acids is 1. The van der Waals surface area contributed by atoms with Crippen LogP contribution in [0.2, 0.25) is 0 Å². The van der Waals surface area contributed by atoms with Gasteiger partial charge in [0.05, 0.1) is 25.2 Å². The van der Waals surface area contributed by atoms with Gasteiger partial charge in [0.25, 0.3) is 6.43 Å². The van der Waals surface area contributed by atoms with E-state index in [9.17, 15) is 23.5 Å². The molecule has 19 heavy (non-hydrogen) atoms. The number of carboxylic acids is 1. The Kier molecular flexibility index (Phi) is 7.23. The average molecular weight is 284 g/mol. The van der Waals surface area contributed by atoms with Gasteiger partial charge in [0.15, 0.2) is 0 Å². The Labute approximate surface area is 108 Å². The molecule has 0 aromatic rings. The molecule has 0 radical (unpaired) electrons. The highest BCUT2D eigenvalue weighted by Gasteiger charge is 2.26. The Morgan fingerprint density at radius 2 is 2.00 bits per heavy atom. The van der Waals surface area contributed by atoms with Crippen molar-refractivity contribution in [2.24, 2.45) is 0 Å². The summed E-state index contributed by atoms with van der Waals surface area (Å²) in [5.74, 6) is -1.25. The molecule has 0 heterocycles. The maximum absolute atomic E-state index is 12.2. The molecule has 2 amide bonds. The van der Waals surface area contributed by atoms with Crippen LogP contribution in [0.1, 0.15) is 13.3 Å². The fourth-order valence-corrected chi connectivity index (χ4v) is 1.33. The molecular formula is C10H18F2N2O5. The minimum Gasteiger partial charge on any atom is -0.481 e. The smallest absolute Gasteiger partial charge is 0.317 e. The molecule has 9 heteroatoms. The van der Waals surface area contributed by atoms with Crippen molar-refractivity contribution in [3.63, 3.8) is 0 Å². The Bertz CT molecular complexity index is 312. The normalized spacial score (nSPS) is 14.0. The first kappa shape index (κ1) is 17.5. The monoisotopic (exact) mass is 284 g/mol. The van der Waals surface area contributed by atoms with Crippen LogP contribution in [0.5, 0.6) is 0 Å². The molecule has 0 fully saturated rings. The average Bonchev–Trinajstić information content (AvgIpc) is 2.23. The lowest BCUT2D eigenvalue weighted by molar-refractivity contribution is -0.141. The third-order valence-electron chi connectivity index (χ3n) is 2.17. The van der Waals surface area contributed by atoms with E-state index in [2.05, 4.69) is 5.32 Å². The lowest BCUT2D eigenvalue weighted by atomic mass is 10.0. The van der Waals surface area contributed by atoms with E-state index in [4.69, 9.17) is 10.2 Å². The van der Waals surface area contributed by atoms with Crippen molar-refractivity contribution >= 4 is 12.0 Å². The molecule has 7 nitrogen and oxygen atoms in total. The molecule has 112 valence electrons. The highest BCUT2D eigenvalue weighted by Crippen LogP contribution is 2.08. The number of hydrogen-bond donors (Lipinski definition) is 4. The fourth-order valence-electron chi connectivity index (χ4n) is 1.33. The number of urea groups is 1. The lowest BCUT2D eigenvalue weighted by Crippen LogP contribution is -2.49. The molecule has 0 aliphatic heterocycles. The molecule has 0 spiro atoms. The maximum Gasteiger partial charge on any atom is 0.317 e. The first-order valence-corrected chi connectivity index (χ1v) is 5.54. The Morgan fingerprint density at radius 3 is 2.42 bits per heavy atom. The van der Waals surface area contributed by atoms with Gasteiger partial charge in [0, 0.05) is 13.1 Å². The van der Waals surface area contributed by atoms with E-state index in [0.717, 1.165) is 0 Å². The van der Waals surface area contributed by atoms with Gasteiger partial charge in [-0.25, -0.2) is 13.6 Å². The van der Waals surface area contributed by atoms with Gasteiger partial charge in [-0.1, -0.05) is 0 Å². The van der Waals surface area contributed by atoms with E-state index in [1.165, 1.54) is 6.92 Å². The number of hydrogen-bond acceptors (Lipinski definition) is 4. The van der Waals surface area contributed by atoms with Crippen LogP contribution in [0.25, 0.3) is 0 Å². The van der Waals surface area contributed by atoms with Gasteiger partial charge in [-0.3, -0.25) is 4.79 Å². The molecule has 0 aromatic carbocycles. The van der Waals surface area contributed by atoms with Crippen LogP contribution in [-0.2, 0) is 4.79 Å². The standard InChI is InChI=1S/C10H18F2N2O5/c1-10(19,4-8(16)17)6-13-9(18)14(2-3-15)5-7(11)12/h7,15,19H,2-6H2,1H3,(H,13,18)(H,16,17). The van der Waals surface area contributed by atoms with Crippen molar-refractivity contribution in [1.29, 1.82) is 0 Å². The minimum atomic E-state index is -2.75. The third kappa shape index (κ3) is 8.27. The van der Waals surface area contributed by atoms with E-state index in [-0.39, 0.29) is 6.54 Å². The van der Waals surface area contributed by atoms with Crippen molar-refractivity contribution in [1.82, 2.24) is 10.2 Å². The quantitative estimate of drug-likeness (QED) is 0.479. The van der Waals surface area contributed by atoms with Crippen LogP contribution in [-0.4, -0.2) is 70.5 Å². The van der Waals surface area contributed by atoms with Crippen molar-refractivity contribution in [2.45, 2.75) is 25.4 Å². The van der Waals surface area contributed by atoms with E-state index in [0.29, 0.717) is 4.90 Å². The van der Waals surface area contributed by atoms with Crippen LogP contribution < -0.4 is 5.32 Å². The SMILES string of the molecule is CC(O)(CNC(=O)N(CCO)CC(F)F)CC(=O)O. The molecule has 0 saturated carbocycles. The molecule has 1 unspecified atom stereocenters. The third-order valence-corrected chi connectivity index (χ3v) is 2.17. The number of amides is 2. The second-order valence-electron chi connectivity index (χ2n) is 4.29. The van der Waals surface area contributed by atoms with Crippen LogP contribution in [0.3, 0.4) is 0 Å². The summed E-state index contributed by atoms with van der Waals surface area (Å²) in [5, 5.41) is 28.9. The van der Waals surface area contributed by atoms with Crippen LogP contribution in [0, 0.1) is 0 Å². The van der Waals surface area contributed by atoms with Gasteiger partial charge in [-0.2, -0.15) is 0 Å². The molecule has 0 aliphatic carbocycles. The molecule has 0 aromatic heterocycles. The van der Waals surface area contributed by atoms with Gasteiger partial charge < -0.3 is 25.5 Å². The summed E-state index contributed by atoms with van der Waals surface area (Å²) in [6.07, 6.45) is -3.35. The van der Waals surface area contributed by atoms with Crippen LogP contribution >= 0.6 is 0 Å². The van der Waals surface area contributed by atoms with Crippen LogP contribution in [0.4, 0.5) is 13.6 Å². The zero-order valence-electron chi connectivity index (χ0n) is 10.5. The van der Waals surface area contributed by atoms with E-state index in [1.807, 2.05) is 0 Å². The Balaban J connectivity index is 4.35. The zero-order valence-corrected chi connectivity index (χ0v) is 10.5. The largest absolute Gasteiger partial charge is 0.481 e. The summed E-state index contributed by atoms with van der Waals surface area (Å²) < 4.78 is 24.4. The summed E-state index contributed by atoms with van der Waals surface area (Å²) in [5.41, 5.74) is -1.68. The van der Waals surface area contributed by atoms with Crippen LogP contribution in [0.15, 0.2) is 0 Å². The number of carboxylic acid groups (broad SMARTS) is 1. The molecule has 4 N–H and O–H groups in total. The number of rotatable bonds is 8. The van der Waals surface area contributed by atoms with Gasteiger partial charge >= 0.3 is 12.0 Å². The van der Waals surface area contributed by atoms with E-state index >= 15 is 0 Å². The topological polar surface area (TPSA) is 110 Å². The second-order valence-corrected chi connectivity index (χ2v) is 4.29. The Hall–Kier alpha value is -1.48. The predicted octanol–water partition coefficient (Wildman–Crippen LogP) is -0.519. The summed E-state index contributed by atoms with van der Waals surface area (Å²) in [7, 11) is 0. The number of alkyl halides is 2. The molecular weight excluding hydrogens is 266 g/mol. The maximum atomic E-state index is 12.2. The zero-order chi connectivity index (χ0) is 15.1. The first-order valence-electron chi connectivity index (χ1n) is 5.54. The fraction of sp³-hybridized carbons (Fsp3) is 0.800. The number of aliphatic carboxylic acids is 1. The minimum absolute atomic E-state index is 0.281. The lowest BCUT2D eigenvalue weighted by Gasteiger charge is -2.26. The molecule has 0 bridgehead atoms. The molecule has 0 aliphatic rings. The number of nitrogens with one attached hydrogen (secondary N) is 1. The number of halogens is 2. The predicted molar refractivity (Wildman–Crippen MR) is 60.9 cm³/mol.